The number of nitrogens with zero attached hydrogens (tertiary/aromatic N) is 4. The van der Waals surface area contributed by atoms with Crippen molar-refractivity contribution in [2.45, 2.75) is 53.4 Å². The zero-order valence-electron chi connectivity index (χ0n) is 18.4. The molecule has 0 saturated carbocycles. The number of carbonyl (C=O) groups excluding carboxylic acids is 1. The smallest absolute Gasteiger partial charge is 0.270 e. The summed E-state index contributed by atoms with van der Waals surface area (Å²) in [4.78, 5) is 30.0. The summed E-state index contributed by atoms with van der Waals surface area (Å²) in [6, 6.07) is 2.03. The Morgan fingerprint density at radius 3 is 2.40 bits per heavy atom. The quantitative estimate of drug-likeness (QED) is 0.322. The predicted octanol–water partition coefficient (Wildman–Crippen LogP) is 4.19. The molecule has 0 atom stereocenters. The molecule has 0 bridgehead atoms. The molecule has 0 aromatic carbocycles. The molecule has 1 aliphatic heterocycles. The highest BCUT2D eigenvalue weighted by Gasteiger charge is 2.32. The van der Waals surface area contributed by atoms with Gasteiger partial charge in [0.15, 0.2) is 0 Å². The molecule has 0 spiro atoms. The Bertz CT molecular complexity index is 955. The highest BCUT2D eigenvalue weighted by atomic mass is 32.2. The van der Waals surface area contributed by atoms with Gasteiger partial charge >= 0.3 is 0 Å². The maximum Gasteiger partial charge on any atom is 0.270 e. The van der Waals surface area contributed by atoms with E-state index in [0.29, 0.717) is 34.4 Å². The van der Waals surface area contributed by atoms with Crippen LogP contribution in [0.2, 0.25) is 0 Å². The van der Waals surface area contributed by atoms with E-state index >= 15 is 0 Å². The summed E-state index contributed by atoms with van der Waals surface area (Å²) in [5.74, 6) is 0.619. The summed E-state index contributed by atoms with van der Waals surface area (Å²) in [6.45, 7) is 9.98. The van der Waals surface area contributed by atoms with Crippen LogP contribution in [-0.4, -0.2) is 39.3 Å². The molecule has 0 radical (unpaired) electrons. The van der Waals surface area contributed by atoms with Crippen LogP contribution in [0.5, 0.6) is 0 Å². The molecule has 0 unspecified atom stereocenters. The lowest BCUT2D eigenvalue weighted by molar-refractivity contribution is -0.122. The van der Waals surface area contributed by atoms with Crippen LogP contribution in [0.1, 0.15) is 63.1 Å². The van der Waals surface area contributed by atoms with E-state index < -0.39 is 0 Å². The molecule has 0 aliphatic carbocycles. The third kappa shape index (κ3) is 4.79. The van der Waals surface area contributed by atoms with Crippen LogP contribution in [0.4, 0.5) is 5.82 Å². The van der Waals surface area contributed by atoms with Gasteiger partial charge in [0.1, 0.15) is 21.8 Å². The van der Waals surface area contributed by atoms with Crippen LogP contribution < -0.4 is 10.5 Å². The summed E-state index contributed by atoms with van der Waals surface area (Å²) in [5.41, 5.74) is 1.10. The number of nitriles is 1. The number of carbonyl (C=O) groups is 1. The predicted molar refractivity (Wildman–Crippen MR) is 129 cm³/mol. The highest BCUT2D eigenvalue weighted by Crippen LogP contribution is 2.35. The first kappa shape index (κ1) is 24.2. The van der Waals surface area contributed by atoms with Crippen molar-refractivity contribution in [2.75, 3.05) is 24.5 Å². The third-order valence-corrected chi connectivity index (χ3v) is 6.79. The largest absolute Gasteiger partial charge is 0.358 e. The second-order valence-corrected chi connectivity index (χ2v) is 8.96. The molecule has 6 nitrogen and oxygen atoms in total. The maximum absolute atomic E-state index is 13.0. The van der Waals surface area contributed by atoms with Crippen molar-refractivity contribution in [3.05, 3.63) is 31.9 Å². The van der Waals surface area contributed by atoms with Crippen LogP contribution in [0.3, 0.4) is 0 Å². The first-order valence-electron chi connectivity index (χ1n) is 10.5. The van der Waals surface area contributed by atoms with Gasteiger partial charge in [-0.2, -0.15) is 5.26 Å². The van der Waals surface area contributed by atoms with Gasteiger partial charge in [0, 0.05) is 32.2 Å². The number of hydrogen-bond acceptors (Lipinski definition) is 6. The van der Waals surface area contributed by atoms with E-state index in [-0.39, 0.29) is 17.0 Å². The number of unbranched alkanes of at least 4 members (excludes halogenated alkanes) is 3. The Hall–Kier alpha value is -2.11. The molecule has 1 aromatic heterocycles. The van der Waals surface area contributed by atoms with Crippen LogP contribution in [0.15, 0.2) is 9.70 Å². The lowest BCUT2D eigenvalue weighted by atomic mass is 10.0. The Kier molecular flexibility index (Phi) is 8.68. The molecular formula is C22H30N4O2S2. The van der Waals surface area contributed by atoms with E-state index in [2.05, 4.69) is 11.8 Å². The van der Waals surface area contributed by atoms with Gasteiger partial charge in [0.2, 0.25) is 0 Å². The Balaban J connectivity index is 2.53. The van der Waals surface area contributed by atoms with E-state index in [0.717, 1.165) is 37.1 Å². The van der Waals surface area contributed by atoms with E-state index in [1.807, 2.05) is 19.9 Å². The van der Waals surface area contributed by atoms with Crippen molar-refractivity contribution in [3.63, 3.8) is 0 Å². The molecule has 2 rings (SSSR count). The topological polar surface area (TPSA) is 69.3 Å². The number of amides is 1. The monoisotopic (exact) mass is 446 g/mol. The van der Waals surface area contributed by atoms with Gasteiger partial charge in [-0.15, -0.1) is 0 Å². The normalized spacial score (nSPS) is 15.2. The Morgan fingerprint density at radius 2 is 1.83 bits per heavy atom. The van der Waals surface area contributed by atoms with Crippen molar-refractivity contribution in [1.82, 2.24) is 9.47 Å². The molecule has 1 saturated heterocycles. The van der Waals surface area contributed by atoms with Crippen molar-refractivity contribution in [3.8, 4) is 6.07 Å². The number of thiocarbonyl (C=S) groups is 1. The first-order valence-corrected chi connectivity index (χ1v) is 11.7. The summed E-state index contributed by atoms with van der Waals surface area (Å²) in [5, 5.41) is 9.53. The summed E-state index contributed by atoms with van der Waals surface area (Å²) in [6.07, 6.45) is 6.08. The molecule has 1 aliphatic rings. The molecule has 0 N–H and O–H groups in total. The Morgan fingerprint density at radius 1 is 1.17 bits per heavy atom. The fourth-order valence-electron chi connectivity index (χ4n) is 3.64. The molecule has 162 valence electrons. The summed E-state index contributed by atoms with van der Waals surface area (Å²) in [7, 11) is 1.67. The van der Waals surface area contributed by atoms with Crippen LogP contribution in [0, 0.1) is 18.3 Å². The van der Waals surface area contributed by atoms with Crippen molar-refractivity contribution >= 4 is 46.1 Å². The molecule has 1 amide bonds. The van der Waals surface area contributed by atoms with Crippen molar-refractivity contribution < 1.29 is 4.79 Å². The van der Waals surface area contributed by atoms with E-state index in [4.69, 9.17) is 12.2 Å². The zero-order valence-corrected chi connectivity index (χ0v) is 20.1. The van der Waals surface area contributed by atoms with Crippen LogP contribution in [0.25, 0.3) is 6.08 Å². The second kappa shape index (κ2) is 10.8. The highest BCUT2D eigenvalue weighted by molar-refractivity contribution is 8.26. The van der Waals surface area contributed by atoms with Gasteiger partial charge in [-0.25, -0.2) is 0 Å². The number of pyridine rings is 1. The SMILES string of the molecule is CCCCCCN1C(=O)C(=Cc2c(C)c(C#N)c(=O)n(C)c2N(CC)CC)SC1=S. The second-order valence-electron chi connectivity index (χ2n) is 7.28. The number of hydrogen-bond donors (Lipinski definition) is 0. The van der Waals surface area contributed by atoms with Gasteiger partial charge in [-0.3, -0.25) is 19.1 Å². The van der Waals surface area contributed by atoms with Crippen LogP contribution >= 0.6 is 24.0 Å². The van der Waals surface area contributed by atoms with Gasteiger partial charge in [-0.1, -0.05) is 50.2 Å². The lowest BCUT2D eigenvalue weighted by Gasteiger charge is -2.27. The number of aromatic nitrogens is 1. The molecule has 2 heterocycles. The van der Waals surface area contributed by atoms with Gasteiger partial charge in [0.25, 0.3) is 11.5 Å². The molecular weight excluding hydrogens is 416 g/mol. The molecule has 30 heavy (non-hydrogen) atoms. The zero-order chi connectivity index (χ0) is 22.4. The number of rotatable bonds is 9. The van der Waals surface area contributed by atoms with E-state index in [1.54, 1.807) is 24.9 Å². The fraction of sp³-hybridized carbons (Fsp3) is 0.545. The summed E-state index contributed by atoms with van der Waals surface area (Å²) < 4.78 is 2.07. The summed E-state index contributed by atoms with van der Waals surface area (Å²) >= 11 is 6.74. The minimum Gasteiger partial charge on any atom is -0.358 e. The minimum atomic E-state index is -0.322. The average molecular weight is 447 g/mol. The lowest BCUT2D eigenvalue weighted by Crippen LogP contribution is -2.33. The molecule has 1 fully saturated rings. The minimum absolute atomic E-state index is 0.0984. The van der Waals surface area contributed by atoms with Crippen molar-refractivity contribution in [1.29, 1.82) is 5.26 Å². The molecule has 8 heteroatoms. The third-order valence-electron chi connectivity index (χ3n) is 5.42. The molecule has 1 aromatic rings. The number of thioether (sulfide) groups is 1. The average Bonchev–Trinajstić information content (AvgIpc) is 2.99. The van der Waals surface area contributed by atoms with E-state index in [1.165, 1.54) is 16.3 Å². The van der Waals surface area contributed by atoms with E-state index in [9.17, 15) is 14.9 Å². The van der Waals surface area contributed by atoms with Gasteiger partial charge < -0.3 is 4.90 Å². The number of anilines is 1. The van der Waals surface area contributed by atoms with Crippen LogP contribution in [-0.2, 0) is 11.8 Å². The standard InChI is InChI=1S/C22H30N4O2S2/c1-6-9-10-11-12-26-21(28)18(30-22(26)29)13-16-15(4)17(14-23)20(27)24(5)19(16)25(7-2)8-3/h13H,6-12H2,1-5H3. The maximum atomic E-state index is 13.0. The Labute approximate surface area is 188 Å². The fourth-order valence-corrected chi connectivity index (χ4v) is 4.93. The van der Waals surface area contributed by atoms with Crippen molar-refractivity contribution in [2.24, 2.45) is 7.05 Å². The van der Waals surface area contributed by atoms with Gasteiger partial charge in [-0.05, 0) is 38.8 Å². The van der Waals surface area contributed by atoms with Gasteiger partial charge in [0.05, 0.1) is 4.91 Å². The first-order chi connectivity index (χ1) is 14.3.